The predicted octanol–water partition coefficient (Wildman–Crippen LogP) is 1.07. The molecular formula is C8H9FO2. The molecule has 0 atom stereocenters. The summed E-state index contributed by atoms with van der Waals surface area (Å²) in [5.74, 6) is -0.998. The van der Waals surface area contributed by atoms with Gasteiger partial charge in [-0.3, -0.25) is 0 Å². The Balaban J connectivity index is 2.86. The number of aromatic hydroxyl groups is 1. The number of aliphatic hydroxyl groups excluding tert-OH is 1. The average Bonchev–Trinajstić information content (AvgIpc) is 1.98. The van der Waals surface area contributed by atoms with Gasteiger partial charge in [0.1, 0.15) is 0 Å². The lowest BCUT2D eigenvalue weighted by Crippen LogP contribution is -1.90. The Hall–Kier alpha value is -1.09. The minimum Gasteiger partial charge on any atom is -0.505 e. The largest absolute Gasteiger partial charge is 0.505 e. The molecule has 0 saturated carbocycles. The van der Waals surface area contributed by atoms with E-state index in [1.54, 1.807) is 0 Å². The van der Waals surface area contributed by atoms with Crippen LogP contribution in [-0.2, 0) is 6.42 Å². The maximum atomic E-state index is 12.4. The van der Waals surface area contributed by atoms with Crippen molar-refractivity contribution in [1.82, 2.24) is 0 Å². The highest BCUT2D eigenvalue weighted by atomic mass is 19.1. The van der Waals surface area contributed by atoms with Gasteiger partial charge in [0, 0.05) is 6.61 Å². The van der Waals surface area contributed by atoms with E-state index in [-0.39, 0.29) is 12.4 Å². The second kappa shape index (κ2) is 3.34. The standard InChI is InChI=1S/C8H9FO2/c9-7-2-1-6(3-4-10)5-8(7)11/h1-2,5,10-11H,3-4H2. The number of benzene rings is 1. The number of phenolic OH excluding ortho intramolecular Hbond substituents is 1. The van der Waals surface area contributed by atoms with E-state index in [9.17, 15) is 4.39 Å². The van der Waals surface area contributed by atoms with E-state index in [4.69, 9.17) is 10.2 Å². The molecule has 0 bridgehead atoms. The molecule has 0 fully saturated rings. The van der Waals surface area contributed by atoms with E-state index in [0.717, 1.165) is 5.56 Å². The van der Waals surface area contributed by atoms with E-state index in [1.165, 1.54) is 18.2 Å². The van der Waals surface area contributed by atoms with Crippen LogP contribution in [0.4, 0.5) is 4.39 Å². The van der Waals surface area contributed by atoms with Gasteiger partial charge < -0.3 is 10.2 Å². The summed E-state index contributed by atoms with van der Waals surface area (Å²) in [6, 6.07) is 4.02. The molecule has 1 aromatic rings. The summed E-state index contributed by atoms with van der Waals surface area (Å²) in [6.45, 7) is 0.00503. The van der Waals surface area contributed by atoms with Crippen molar-refractivity contribution in [3.05, 3.63) is 29.6 Å². The van der Waals surface area contributed by atoms with Crippen molar-refractivity contribution in [3.63, 3.8) is 0 Å². The molecule has 60 valence electrons. The van der Waals surface area contributed by atoms with Crippen molar-refractivity contribution in [2.45, 2.75) is 6.42 Å². The highest BCUT2D eigenvalue weighted by Crippen LogP contribution is 2.16. The maximum absolute atomic E-state index is 12.4. The zero-order chi connectivity index (χ0) is 8.27. The molecule has 0 heterocycles. The Morgan fingerprint density at radius 3 is 2.64 bits per heavy atom. The lowest BCUT2D eigenvalue weighted by Gasteiger charge is -1.99. The SMILES string of the molecule is OCCc1ccc(F)c(O)c1. The first-order chi connectivity index (χ1) is 5.24. The number of hydrogen-bond acceptors (Lipinski definition) is 2. The molecule has 0 radical (unpaired) electrons. The van der Waals surface area contributed by atoms with Crippen molar-refractivity contribution < 1.29 is 14.6 Å². The fraction of sp³-hybridized carbons (Fsp3) is 0.250. The number of rotatable bonds is 2. The molecule has 0 aliphatic heterocycles. The number of aliphatic hydroxyl groups is 1. The van der Waals surface area contributed by atoms with Gasteiger partial charge in [-0.15, -0.1) is 0 Å². The van der Waals surface area contributed by atoms with E-state index in [1.807, 2.05) is 0 Å². The van der Waals surface area contributed by atoms with E-state index in [2.05, 4.69) is 0 Å². The summed E-state index contributed by atoms with van der Waals surface area (Å²) >= 11 is 0. The van der Waals surface area contributed by atoms with Crippen LogP contribution >= 0.6 is 0 Å². The lowest BCUT2D eigenvalue weighted by atomic mass is 10.1. The van der Waals surface area contributed by atoms with Gasteiger partial charge in [-0.2, -0.15) is 0 Å². The Kier molecular flexibility index (Phi) is 2.44. The number of hydrogen-bond donors (Lipinski definition) is 2. The summed E-state index contributed by atoms with van der Waals surface area (Å²) < 4.78 is 12.4. The van der Waals surface area contributed by atoms with Gasteiger partial charge in [0.15, 0.2) is 11.6 Å². The molecule has 1 rings (SSSR count). The Morgan fingerprint density at radius 2 is 2.09 bits per heavy atom. The molecule has 3 heteroatoms. The third kappa shape index (κ3) is 1.91. The third-order valence-corrected chi connectivity index (χ3v) is 1.41. The first-order valence-corrected chi connectivity index (χ1v) is 3.32. The molecule has 0 amide bonds. The fourth-order valence-corrected chi connectivity index (χ4v) is 0.843. The van der Waals surface area contributed by atoms with Gasteiger partial charge >= 0.3 is 0 Å². The normalized spacial score (nSPS) is 10.0. The zero-order valence-electron chi connectivity index (χ0n) is 5.92. The van der Waals surface area contributed by atoms with E-state index >= 15 is 0 Å². The van der Waals surface area contributed by atoms with Crippen LogP contribution in [0.3, 0.4) is 0 Å². The first-order valence-electron chi connectivity index (χ1n) is 3.32. The minimum absolute atomic E-state index is 0.00503. The van der Waals surface area contributed by atoms with Crippen molar-refractivity contribution in [2.24, 2.45) is 0 Å². The highest BCUT2D eigenvalue weighted by molar-refractivity contribution is 5.28. The predicted molar refractivity (Wildman–Crippen MR) is 38.9 cm³/mol. The maximum Gasteiger partial charge on any atom is 0.164 e. The molecule has 0 spiro atoms. The summed E-state index contributed by atoms with van der Waals surface area (Å²) in [5.41, 5.74) is 0.728. The topological polar surface area (TPSA) is 40.5 Å². The van der Waals surface area contributed by atoms with Crippen molar-refractivity contribution in [1.29, 1.82) is 0 Å². The lowest BCUT2D eigenvalue weighted by molar-refractivity contribution is 0.299. The average molecular weight is 156 g/mol. The Labute approximate surface area is 63.9 Å². The summed E-state index contributed by atoms with van der Waals surface area (Å²) in [5, 5.41) is 17.4. The second-order valence-corrected chi connectivity index (χ2v) is 2.26. The van der Waals surface area contributed by atoms with Crippen LogP contribution in [-0.4, -0.2) is 16.8 Å². The quantitative estimate of drug-likeness (QED) is 0.672. The monoisotopic (exact) mass is 156 g/mol. The Bertz CT molecular complexity index is 248. The van der Waals surface area contributed by atoms with Crippen LogP contribution in [0, 0.1) is 5.82 Å². The molecule has 0 saturated heterocycles. The highest BCUT2D eigenvalue weighted by Gasteiger charge is 1.99. The summed E-state index contributed by atoms with van der Waals surface area (Å²) in [7, 11) is 0. The molecule has 2 N–H and O–H groups in total. The first kappa shape index (κ1) is 8.01. The molecule has 0 unspecified atom stereocenters. The third-order valence-electron chi connectivity index (χ3n) is 1.41. The molecule has 0 aromatic heterocycles. The van der Waals surface area contributed by atoms with Gasteiger partial charge in [-0.25, -0.2) is 4.39 Å². The number of phenols is 1. The van der Waals surface area contributed by atoms with Crippen LogP contribution in [0.25, 0.3) is 0 Å². The smallest absolute Gasteiger partial charge is 0.164 e. The minimum atomic E-state index is -0.633. The van der Waals surface area contributed by atoms with Crippen LogP contribution in [0.15, 0.2) is 18.2 Å². The second-order valence-electron chi connectivity index (χ2n) is 2.26. The summed E-state index contributed by atoms with van der Waals surface area (Å²) in [6.07, 6.45) is 0.438. The van der Waals surface area contributed by atoms with Gasteiger partial charge in [-0.1, -0.05) is 6.07 Å². The van der Waals surface area contributed by atoms with Gasteiger partial charge in [-0.05, 0) is 24.1 Å². The van der Waals surface area contributed by atoms with Crippen LogP contribution in [0.2, 0.25) is 0 Å². The van der Waals surface area contributed by atoms with Crippen molar-refractivity contribution >= 4 is 0 Å². The molecule has 1 aromatic carbocycles. The molecule has 0 aliphatic carbocycles. The molecular weight excluding hydrogens is 147 g/mol. The van der Waals surface area contributed by atoms with Crippen molar-refractivity contribution in [2.75, 3.05) is 6.61 Å². The van der Waals surface area contributed by atoms with Crippen LogP contribution in [0.5, 0.6) is 5.75 Å². The van der Waals surface area contributed by atoms with Crippen LogP contribution < -0.4 is 0 Å². The van der Waals surface area contributed by atoms with Gasteiger partial charge in [0.05, 0.1) is 0 Å². The molecule has 0 aliphatic rings. The molecule has 11 heavy (non-hydrogen) atoms. The zero-order valence-corrected chi connectivity index (χ0v) is 5.92. The van der Waals surface area contributed by atoms with E-state index in [0.29, 0.717) is 6.42 Å². The Morgan fingerprint density at radius 1 is 1.36 bits per heavy atom. The van der Waals surface area contributed by atoms with Crippen molar-refractivity contribution in [3.8, 4) is 5.75 Å². The fourth-order valence-electron chi connectivity index (χ4n) is 0.843. The van der Waals surface area contributed by atoms with Crippen LogP contribution in [0.1, 0.15) is 5.56 Å². The van der Waals surface area contributed by atoms with Gasteiger partial charge in [0.25, 0.3) is 0 Å². The summed E-state index contributed by atoms with van der Waals surface area (Å²) in [4.78, 5) is 0. The molecule has 2 nitrogen and oxygen atoms in total. The number of halogens is 1. The van der Waals surface area contributed by atoms with E-state index < -0.39 is 5.82 Å². The van der Waals surface area contributed by atoms with Gasteiger partial charge in [0.2, 0.25) is 0 Å².